The van der Waals surface area contributed by atoms with Crippen LogP contribution in [-0.2, 0) is 14.8 Å². The molecule has 0 saturated heterocycles. The van der Waals surface area contributed by atoms with Crippen LogP contribution in [0.3, 0.4) is 0 Å². The molecule has 3 rings (SSSR count). The molecule has 0 fully saturated rings. The molecule has 0 atom stereocenters. The van der Waals surface area contributed by atoms with E-state index in [2.05, 4.69) is 10.0 Å². The summed E-state index contributed by atoms with van der Waals surface area (Å²) in [6.07, 6.45) is 0. The van der Waals surface area contributed by atoms with E-state index in [0.29, 0.717) is 33.7 Å². The van der Waals surface area contributed by atoms with E-state index in [1.165, 1.54) is 69.9 Å². The van der Waals surface area contributed by atoms with E-state index in [1.54, 1.807) is 6.07 Å². The molecule has 0 unspecified atom stereocenters. The van der Waals surface area contributed by atoms with Crippen LogP contribution in [0, 0.1) is 0 Å². The van der Waals surface area contributed by atoms with Crippen LogP contribution in [0.1, 0.15) is 0 Å². The second-order valence-electron chi connectivity index (χ2n) is 6.95. The molecule has 0 spiro atoms. The Morgan fingerprint density at radius 1 is 0.829 bits per heavy atom. The van der Waals surface area contributed by atoms with Gasteiger partial charge >= 0.3 is 0 Å². The Bertz CT molecular complexity index is 1320. The molecule has 12 heteroatoms. The molecule has 0 heterocycles. The third-order valence-corrected chi connectivity index (χ3v) is 6.64. The Morgan fingerprint density at radius 2 is 1.46 bits per heavy atom. The van der Waals surface area contributed by atoms with Crippen molar-refractivity contribution in [1.82, 2.24) is 0 Å². The summed E-state index contributed by atoms with van der Waals surface area (Å²) >= 11 is 12.1. The lowest BCUT2D eigenvalue weighted by Crippen LogP contribution is -2.20. The highest BCUT2D eigenvalue weighted by Crippen LogP contribution is 2.36. The standard InChI is InChI=1S/C23H22Cl2N2O7S/c1-31-20-9-4-14(10-17(20)24)27-35(29,30)16-7-5-15(6-8-16)34-13-23(28)26-19-12-21(32-2)18(25)11-22(19)33-3/h4-12,27H,13H2,1-3H3,(H,26,28). The fraction of sp³-hybridized carbons (Fsp3) is 0.174. The molecule has 0 aromatic heterocycles. The molecule has 0 bridgehead atoms. The van der Waals surface area contributed by atoms with Crippen LogP contribution in [0.25, 0.3) is 0 Å². The molecule has 1 amide bonds. The Labute approximate surface area is 212 Å². The highest BCUT2D eigenvalue weighted by Gasteiger charge is 2.16. The van der Waals surface area contributed by atoms with Gasteiger partial charge in [-0.05, 0) is 42.5 Å². The molecule has 35 heavy (non-hydrogen) atoms. The predicted octanol–water partition coefficient (Wildman–Crippen LogP) is 4.84. The SMILES string of the molecule is COc1ccc(NS(=O)(=O)c2ccc(OCC(=O)Nc3cc(OC)c(Cl)cc3OC)cc2)cc1Cl. The maximum atomic E-state index is 12.7. The zero-order valence-electron chi connectivity index (χ0n) is 18.9. The first-order valence-corrected chi connectivity index (χ1v) is 12.2. The molecule has 186 valence electrons. The number of carbonyl (C=O) groups is 1. The van der Waals surface area contributed by atoms with Crippen molar-refractivity contribution >= 4 is 50.5 Å². The normalized spacial score (nSPS) is 10.9. The molecule has 0 saturated carbocycles. The number of hydrogen-bond donors (Lipinski definition) is 2. The Kier molecular flexibility index (Phi) is 8.55. The molecule has 3 aromatic carbocycles. The predicted molar refractivity (Wildman–Crippen MR) is 134 cm³/mol. The van der Waals surface area contributed by atoms with Gasteiger partial charge in [0, 0.05) is 12.1 Å². The zero-order valence-corrected chi connectivity index (χ0v) is 21.3. The van der Waals surface area contributed by atoms with Crippen molar-refractivity contribution in [3.05, 3.63) is 64.6 Å². The van der Waals surface area contributed by atoms with Crippen molar-refractivity contribution in [2.24, 2.45) is 0 Å². The van der Waals surface area contributed by atoms with Gasteiger partial charge in [-0.2, -0.15) is 0 Å². The first kappa shape index (κ1) is 26.3. The summed E-state index contributed by atoms with van der Waals surface area (Å²) in [5.74, 6) is 0.971. The fourth-order valence-electron chi connectivity index (χ4n) is 2.95. The largest absolute Gasteiger partial charge is 0.495 e. The molecule has 0 aliphatic heterocycles. The maximum absolute atomic E-state index is 12.7. The summed E-state index contributed by atoms with van der Waals surface area (Å²) in [5, 5.41) is 3.26. The van der Waals surface area contributed by atoms with Gasteiger partial charge in [-0.1, -0.05) is 23.2 Å². The Hall–Kier alpha value is -3.34. The monoisotopic (exact) mass is 540 g/mol. The van der Waals surface area contributed by atoms with Crippen LogP contribution in [-0.4, -0.2) is 42.3 Å². The number of benzene rings is 3. The quantitative estimate of drug-likeness (QED) is 0.378. The van der Waals surface area contributed by atoms with Crippen molar-refractivity contribution in [3.8, 4) is 23.0 Å². The van der Waals surface area contributed by atoms with Gasteiger partial charge in [-0.15, -0.1) is 0 Å². The van der Waals surface area contributed by atoms with Crippen LogP contribution in [0.15, 0.2) is 59.5 Å². The van der Waals surface area contributed by atoms with Gasteiger partial charge in [0.05, 0.1) is 47.6 Å². The lowest BCUT2D eigenvalue weighted by molar-refractivity contribution is -0.118. The van der Waals surface area contributed by atoms with Gasteiger partial charge in [0.15, 0.2) is 6.61 Å². The number of rotatable bonds is 10. The summed E-state index contributed by atoms with van der Waals surface area (Å²) in [6.45, 7) is -0.331. The highest BCUT2D eigenvalue weighted by atomic mass is 35.5. The molecule has 0 aliphatic rings. The van der Waals surface area contributed by atoms with Crippen molar-refractivity contribution in [1.29, 1.82) is 0 Å². The first-order valence-electron chi connectivity index (χ1n) is 9.97. The second-order valence-corrected chi connectivity index (χ2v) is 9.45. The van der Waals surface area contributed by atoms with Crippen LogP contribution in [0.2, 0.25) is 10.0 Å². The third kappa shape index (κ3) is 6.62. The molecule has 2 N–H and O–H groups in total. The summed E-state index contributed by atoms with van der Waals surface area (Å²) in [4.78, 5) is 12.3. The average molecular weight is 541 g/mol. The van der Waals surface area contributed by atoms with E-state index < -0.39 is 15.9 Å². The Morgan fingerprint density at radius 3 is 2.06 bits per heavy atom. The van der Waals surface area contributed by atoms with E-state index in [4.69, 9.17) is 42.1 Å². The number of nitrogens with one attached hydrogen (secondary N) is 2. The van der Waals surface area contributed by atoms with Gasteiger partial charge in [-0.25, -0.2) is 8.42 Å². The number of sulfonamides is 1. The summed E-state index contributed by atoms with van der Waals surface area (Å²) in [7, 11) is 0.480. The van der Waals surface area contributed by atoms with Crippen molar-refractivity contribution in [2.75, 3.05) is 38.0 Å². The lowest BCUT2D eigenvalue weighted by atomic mass is 10.2. The van der Waals surface area contributed by atoms with Gasteiger partial charge in [0.1, 0.15) is 23.0 Å². The molecular weight excluding hydrogens is 519 g/mol. The first-order chi connectivity index (χ1) is 16.7. The molecular formula is C23H22Cl2N2O7S. The van der Waals surface area contributed by atoms with Gasteiger partial charge < -0.3 is 24.3 Å². The second kappa shape index (κ2) is 11.4. The summed E-state index contributed by atoms with van der Waals surface area (Å²) in [6, 6.07) is 13.2. The number of methoxy groups -OCH3 is 3. The van der Waals surface area contributed by atoms with E-state index in [-0.39, 0.29) is 22.2 Å². The van der Waals surface area contributed by atoms with Crippen LogP contribution >= 0.6 is 23.2 Å². The number of hydrogen-bond acceptors (Lipinski definition) is 7. The van der Waals surface area contributed by atoms with Gasteiger partial charge in [0.25, 0.3) is 15.9 Å². The fourth-order valence-corrected chi connectivity index (χ4v) is 4.49. The topological polar surface area (TPSA) is 112 Å². The van der Waals surface area contributed by atoms with Crippen LogP contribution in [0.4, 0.5) is 11.4 Å². The van der Waals surface area contributed by atoms with E-state index >= 15 is 0 Å². The van der Waals surface area contributed by atoms with Crippen molar-refractivity contribution in [3.63, 3.8) is 0 Å². The summed E-state index contributed by atoms with van der Waals surface area (Å²) < 4.78 is 48.7. The molecule has 0 aliphatic carbocycles. The maximum Gasteiger partial charge on any atom is 0.262 e. The molecule has 9 nitrogen and oxygen atoms in total. The van der Waals surface area contributed by atoms with Gasteiger partial charge in [-0.3, -0.25) is 9.52 Å². The number of carbonyl (C=O) groups excluding carboxylic acids is 1. The Balaban J connectivity index is 1.62. The summed E-state index contributed by atoms with van der Waals surface area (Å²) in [5.41, 5.74) is 0.635. The molecule has 0 radical (unpaired) electrons. The number of ether oxygens (including phenoxy) is 4. The lowest BCUT2D eigenvalue weighted by Gasteiger charge is -2.14. The number of anilines is 2. The zero-order chi connectivity index (χ0) is 25.6. The van der Waals surface area contributed by atoms with Crippen LogP contribution < -0.4 is 29.0 Å². The highest BCUT2D eigenvalue weighted by molar-refractivity contribution is 7.92. The minimum atomic E-state index is -3.88. The third-order valence-electron chi connectivity index (χ3n) is 4.66. The average Bonchev–Trinajstić information content (AvgIpc) is 2.83. The van der Waals surface area contributed by atoms with Crippen LogP contribution in [0.5, 0.6) is 23.0 Å². The van der Waals surface area contributed by atoms with E-state index in [1.807, 2.05) is 0 Å². The number of halogens is 2. The minimum Gasteiger partial charge on any atom is -0.495 e. The smallest absolute Gasteiger partial charge is 0.262 e. The van der Waals surface area contributed by atoms with Crippen molar-refractivity contribution in [2.45, 2.75) is 4.90 Å². The van der Waals surface area contributed by atoms with Gasteiger partial charge in [0.2, 0.25) is 0 Å². The van der Waals surface area contributed by atoms with E-state index in [9.17, 15) is 13.2 Å². The number of amides is 1. The minimum absolute atomic E-state index is 0.000706. The van der Waals surface area contributed by atoms with Crippen molar-refractivity contribution < 1.29 is 32.2 Å². The van der Waals surface area contributed by atoms with E-state index in [0.717, 1.165) is 0 Å². The molecule has 3 aromatic rings.